The van der Waals surface area contributed by atoms with Crippen LogP contribution in [0.3, 0.4) is 0 Å². The normalized spacial score (nSPS) is 11.1. The molecule has 0 saturated carbocycles. The molecule has 0 bridgehead atoms. The summed E-state index contributed by atoms with van der Waals surface area (Å²) in [5, 5.41) is 0.826. The van der Waals surface area contributed by atoms with E-state index in [0.29, 0.717) is 44.5 Å². The summed E-state index contributed by atoms with van der Waals surface area (Å²) in [5.74, 6) is 0.682. The summed E-state index contributed by atoms with van der Waals surface area (Å²) in [5.41, 5.74) is 1.98. The van der Waals surface area contributed by atoms with E-state index in [4.69, 9.17) is 9.15 Å². The van der Waals surface area contributed by atoms with Gasteiger partial charge in [0.2, 0.25) is 5.43 Å². The predicted molar refractivity (Wildman–Crippen MR) is 118 cm³/mol. The van der Waals surface area contributed by atoms with Crippen LogP contribution in [0.15, 0.2) is 99.1 Å². The fourth-order valence-electron chi connectivity index (χ4n) is 3.66. The third kappa shape index (κ3) is 2.79. The fraction of sp³-hybridized carbons (Fsp3) is 0.0400. The van der Waals surface area contributed by atoms with Gasteiger partial charge in [-0.2, -0.15) is 0 Å². The largest absolute Gasteiger partial charge is 0.497 e. The van der Waals surface area contributed by atoms with Crippen LogP contribution >= 0.6 is 0 Å². The first kappa shape index (κ1) is 17.9. The van der Waals surface area contributed by atoms with Crippen LogP contribution in [0.1, 0.15) is 0 Å². The Morgan fingerprint density at radius 3 is 2.23 bits per heavy atom. The number of hydrogen-bond acceptors (Lipinski definition) is 4. The second-order valence-electron chi connectivity index (χ2n) is 6.91. The van der Waals surface area contributed by atoms with Crippen LogP contribution in [0.25, 0.3) is 38.8 Å². The smallest absolute Gasteiger partial charge is 0.266 e. The lowest BCUT2D eigenvalue weighted by molar-refractivity contribution is 0.414. The lowest BCUT2D eigenvalue weighted by atomic mass is 10.0. The SMILES string of the molecule is COc1ccc(-n2cc3c(=O)c4ccccc4oc3c(-c3ccccc3)c2=O)cc1. The van der Waals surface area contributed by atoms with Gasteiger partial charge in [0.1, 0.15) is 11.3 Å². The van der Waals surface area contributed by atoms with Crippen LogP contribution < -0.4 is 15.7 Å². The molecule has 0 aliphatic heterocycles. The number of fused-ring (bicyclic) bond motifs is 2. The number of rotatable bonds is 3. The van der Waals surface area contributed by atoms with E-state index in [9.17, 15) is 9.59 Å². The van der Waals surface area contributed by atoms with Crippen molar-refractivity contribution in [1.29, 1.82) is 0 Å². The maximum absolute atomic E-state index is 13.6. The summed E-state index contributed by atoms with van der Waals surface area (Å²) < 4.78 is 12.8. The molecule has 5 rings (SSSR count). The highest BCUT2D eigenvalue weighted by atomic mass is 16.5. The molecular weight excluding hydrogens is 378 g/mol. The van der Waals surface area contributed by atoms with Gasteiger partial charge in [-0.25, -0.2) is 0 Å². The molecule has 0 N–H and O–H groups in total. The van der Waals surface area contributed by atoms with Gasteiger partial charge in [-0.15, -0.1) is 0 Å². The van der Waals surface area contributed by atoms with Gasteiger partial charge in [0.25, 0.3) is 5.56 Å². The predicted octanol–water partition coefficient (Wildman–Crippen LogP) is 4.77. The molecule has 0 spiro atoms. The van der Waals surface area contributed by atoms with Crippen LogP contribution in [0, 0.1) is 0 Å². The van der Waals surface area contributed by atoms with E-state index in [2.05, 4.69) is 0 Å². The molecule has 0 aliphatic rings. The molecule has 146 valence electrons. The van der Waals surface area contributed by atoms with Gasteiger partial charge in [0.15, 0.2) is 5.58 Å². The van der Waals surface area contributed by atoms with Crippen molar-refractivity contribution < 1.29 is 9.15 Å². The molecule has 30 heavy (non-hydrogen) atoms. The summed E-state index contributed by atoms with van der Waals surface area (Å²) >= 11 is 0. The van der Waals surface area contributed by atoms with Crippen molar-refractivity contribution in [2.75, 3.05) is 7.11 Å². The van der Waals surface area contributed by atoms with E-state index in [1.54, 1.807) is 61.8 Å². The highest BCUT2D eigenvalue weighted by Crippen LogP contribution is 2.28. The van der Waals surface area contributed by atoms with Crippen LogP contribution in [-0.4, -0.2) is 11.7 Å². The van der Waals surface area contributed by atoms with E-state index >= 15 is 0 Å². The molecule has 0 amide bonds. The topological polar surface area (TPSA) is 61.4 Å². The minimum Gasteiger partial charge on any atom is -0.497 e. The number of hydrogen-bond donors (Lipinski definition) is 0. The molecule has 5 heteroatoms. The van der Waals surface area contributed by atoms with E-state index in [0.717, 1.165) is 0 Å². The van der Waals surface area contributed by atoms with Crippen LogP contribution in [0.5, 0.6) is 5.75 Å². The van der Waals surface area contributed by atoms with E-state index in [-0.39, 0.29) is 11.0 Å². The maximum atomic E-state index is 13.6. The van der Waals surface area contributed by atoms with Gasteiger partial charge in [0, 0.05) is 11.9 Å². The van der Waals surface area contributed by atoms with Gasteiger partial charge in [0.05, 0.1) is 23.4 Å². The molecule has 0 atom stereocenters. The zero-order chi connectivity index (χ0) is 20.7. The summed E-state index contributed by atoms with van der Waals surface area (Å²) in [7, 11) is 1.58. The molecule has 2 heterocycles. The highest BCUT2D eigenvalue weighted by molar-refractivity contribution is 5.97. The van der Waals surface area contributed by atoms with Gasteiger partial charge >= 0.3 is 0 Å². The average molecular weight is 395 g/mol. The van der Waals surface area contributed by atoms with Crippen molar-refractivity contribution in [3.05, 3.63) is 106 Å². The summed E-state index contributed by atoms with van der Waals surface area (Å²) in [6.45, 7) is 0. The van der Waals surface area contributed by atoms with Gasteiger partial charge in [-0.1, -0.05) is 42.5 Å². The lowest BCUT2D eigenvalue weighted by Crippen LogP contribution is -2.22. The van der Waals surface area contributed by atoms with Crippen molar-refractivity contribution >= 4 is 21.9 Å². The molecule has 2 aromatic heterocycles. The standard InChI is InChI=1S/C25H17NO4/c1-29-18-13-11-17(12-14-18)26-15-20-23(27)19-9-5-6-10-21(19)30-24(20)22(25(26)28)16-7-3-2-4-8-16/h2-15H,1H3. The third-order valence-corrected chi connectivity index (χ3v) is 5.16. The van der Waals surface area contributed by atoms with E-state index < -0.39 is 0 Å². The van der Waals surface area contributed by atoms with Crippen molar-refractivity contribution in [1.82, 2.24) is 4.57 Å². The number of methoxy groups -OCH3 is 1. The second kappa shape index (κ2) is 7.04. The minimum absolute atomic E-state index is 0.175. The maximum Gasteiger partial charge on any atom is 0.266 e. The van der Waals surface area contributed by atoms with Gasteiger partial charge in [-0.3, -0.25) is 14.2 Å². The monoisotopic (exact) mass is 395 g/mol. The van der Waals surface area contributed by atoms with Crippen LogP contribution in [0.4, 0.5) is 0 Å². The van der Waals surface area contributed by atoms with Crippen molar-refractivity contribution in [3.8, 4) is 22.6 Å². The van der Waals surface area contributed by atoms with Crippen molar-refractivity contribution in [2.24, 2.45) is 0 Å². The Labute approximate surface area is 171 Å². The fourth-order valence-corrected chi connectivity index (χ4v) is 3.66. The highest BCUT2D eigenvalue weighted by Gasteiger charge is 2.19. The van der Waals surface area contributed by atoms with E-state index in [1.165, 1.54) is 4.57 Å². The van der Waals surface area contributed by atoms with Gasteiger partial charge in [-0.05, 0) is 42.0 Å². The number of benzene rings is 3. The van der Waals surface area contributed by atoms with Crippen molar-refractivity contribution in [2.45, 2.75) is 0 Å². The second-order valence-corrected chi connectivity index (χ2v) is 6.91. The molecule has 0 unspecified atom stereocenters. The summed E-state index contributed by atoms with van der Waals surface area (Å²) in [4.78, 5) is 26.8. The Balaban J connectivity index is 1.94. The molecule has 5 aromatic rings. The first-order valence-corrected chi connectivity index (χ1v) is 9.48. The molecule has 0 fully saturated rings. The Morgan fingerprint density at radius 2 is 1.50 bits per heavy atom. The number of ether oxygens (including phenoxy) is 1. The molecule has 0 radical (unpaired) electrons. The number of pyridine rings is 1. The number of para-hydroxylation sites is 1. The number of aromatic nitrogens is 1. The molecule has 3 aromatic carbocycles. The minimum atomic E-state index is -0.266. The first-order chi connectivity index (χ1) is 14.7. The summed E-state index contributed by atoms with van der Waals surface area (Å²) in [6, 6.07) is 23.4. The van der Waals surface area contributed by atoms with E-state index in [1.807, 2.05) is 30.3 Å². The zero-order valence-corrected chi connectivity index (χ0v) is 16.2. The summed E-state index contributed by atoms with van der Waals surface area (Å²) in [6.07, 6.45) is 1.56. The average Bonchev–Trinajstić information content (AvgIpc) is 2.80. The number of nitrogens with zero attached hydrogens (tertiary/aromatic N) is 1. The molecule has 0 aliphatic carbocycles. The van der Waals surface area contributed by atoms with Gasteiger partial charge < -0.3 is 9.15 Å². The third-order valence-electron chi connectivity index (χ3n) is 5.16. The lowest BCUT2D eigenvalue weighted by Gasteiger charge is -2.13. The molecule has 5 nitrogen and oxygen atoms in total. The Kier molecular flexibility index (Phi) is 4.21. The Hall–Kier alpha value is -4.12. The van der Waals surface area contributed by atoms with Crippen LogP contribution in [0.2, 0.25) is 0 Å². The van der Waals surface area contributed by atoms with Crippen LogP contribution in [-0.2, 0) is 0 Å². The molecule has 0 saturated heterocycles. The Morgan fingerprint density at radius 1 is 0.800 bits per heavy atom. The quantitative estimate of drug-likeness (QED) is 0.413. The first-order valence-electron chi connectivity index (χ1n) is 9.48. The zero-order valence-electron chi connectivity index (χ0n) is 16.2. The van der Waals surface area contributed by atoms with Crippen molar-refractivity contribution in [3.63, 3.8) is 0 Å². The molecular formula is C25H17NO4. The Bertz CT molecular complexity index is 1500.